The quantitative estimate of drug-likeness (QED) is 0.806. The van der Waals surface area contributed by atoms with Crippen LogP contribution in [0.3, 0.4) is 0 Å². The van der Waals surface area contributed by atoms with Gasteiger partial charge in [0.15, 0.2) is 0 Å². The van der Waals surface area contributed by atoms with E-state index < -0.39 is 17.5 Å². The number of esters is 1. The first-order valence-electron chi connectivity index (χ1n) is 7.92. The summed E-state index contributed by atoms with van der Waals surface area (Å²) in [4.78, 5) is 29.8. The number of amides is 1. The van der Waals surface area contributed by atoms with E-state index in [9.17, 15) is 14.7 Å². The van der Waals surface area contributed by atoms with Gasteiger partial charge in [0.05, 0.1) is 18.1 Å². The van der Waals surface area contributed by atoms with E-state index in [0.717, 1.165) is 16.8 Å². The average molecular weight is 340 g/mol. The number of hydrogen-bond donors (Lipinski definition) is 2. The lowest BCUT2D eigenvalue weighted by Crippen LogP contribution is -2.54. The van der Waals surface area contributed by atoms with Crippen molar-refractivity contribution in [2.24, 2.45) is 5.41 Å². The Bertz CT molecular complexity index is 861. The van der Waals surface area contributed by atoms with Crippen molar-refractivity contribution >= 4 is 18.1 Å². The van der Waals surface area contributed by atoms with Gasteiger partial charge >= 0.3 is 12.1 Å². The van der Waals surface area contributed by atoms with E-state index >= 15 is 0 Å². The predicted molar refractivity (Wildman–Crippen MR) is 86.8 cm³/mol. The number of likely N-dealkylation sites (tertiary alicyclic amines) is 1. The van der Waals surface area contributed by atoms with Gasteiger partial charge in [-0.2, -0.15) is 5.10 Å². The van der Waals surface area contributed by atoms with Crippen molar-refractivity contribution in [2.75, 3.05) is 13.1 Å². The molecule has 1 unspecified atom stereocenters. The molecule has 25 heavy (non-hydrogen) atoms. The molecule has 1 aliphatic heterocycles. The third kappa shape index (κ3) is 2.55. The summed E-state index contributed by atoms with van der Waals surface area (Å²) in [6.07, 6.45) is 6.41. The Hall–Kier alpha value is -3.16. The van der Waals surface area contributed by atoms with Crippen LogP contribution in [-0.2, 0) is 11.2 Å². The molecule has 4 rings (SSSR count). The summed E-state index contributed by atoms with van der Waals surface area (Å²) in [5.74, 6) is -0.129. The number of rotatable bonds is 2. The van der Waals surface area contributed by atoms with Gasteiger partial charge in [-0.25, -0.2) is 4.79 Å². The van der Waals surface area contributed by atoms with E-state index in [2.05, 4.69) is 15.2 Å². The van der Waals surface area contributed by atoms with Crippen LogP contribution in [0.4, 0.5) is 4.79 Å². The summed E-state index contributed by atoms with van der Waals surface area (Å²) in [6, 6.07) is 3.32. The first-order valence-corrected chi connectivity index (χ1v) is 7.92. The van der Waals surface area contributed by atoms with Crippen LogP contribution in [0.5, 0.6) is 5.75 Å². The van der Waals surface area contributed by atoms with Crippen molar-refractivity contribution in [1.29, 1.82) is 0 Å². The topological polar surface area (TPSA) is 108 Å². The number of nitrogens with one attached hydrogen (secondary N) is 1. The van der Waals surface area contributed by atoms with Crippen LogP contribution in [0.25, 0.3) is 6.08 Å². The number of carbonyl (C=O) groups excluding carboxylic acids is 1. The second-order valence-corrected chi connectivity index (χ2v) is 6.27. The van der Waals surface area contributed by atoms with Gasteiger partial charge in [0.25, 0.3) is 0 Å². The minimum atomic E-state index is -1.04. The molecule has 128 valence electrons. The molecule has 0 bridgehead atoms. The Labute approximate surface area is 143 Å². The number of hydrogen-bond acceptors (Lipinski definition) is 5. The Morgan fingerprint density at radius 2 is 2.24 bits per heavy atom. The number of aromatic nitrogens is 3. The number of carboxylic acid groups (broad SMARTS) is 1. The van der Waals surface area contributed by atoms with Crippen LogP contribution in [-0.4, -0.2) is 50.3 Å². The molecule has 2 aliphatic rings. The SMILES string of the molecule is O=C(O)N1CCC2=Cc3[nH]ncc3CC2(C(=O)Oc2cccnc2)C1. The summed E-state index contributed by atoms with van der Waals surface area (Å²) >= 11 is 0. The fourth-order valence-corrected chi connectivity index (χ4v) is 3.51. The van der Waals surface area contributed by atoms with Crippen molar-refractivity contribution in [3.8, 4) is 5.75 Å². The molecule has 0 radical (unpaired) electrons. The zero-order chi connectivity index (χ0) is 17.4. The first-order chi connectivity index (χ1) is 12.1. The van der Waals surface area contributed by atoms with E-state index in [0.29, 0.717) is 25.1 Å². The molecular formula is C17H16N4O4. The van der Waals surface area contributed by atoms with Gasteiger partial charge in [-0.1, -0.05) is 0 Å². The highest BCUT2D eigenvalue weighted by atomic mass is 16.5. The lowest BCUT2D eigenvalue weighted by atomic mass is 9.68. The Morgan fingerprint density at radius 3 is 3.00 bits per heavy atom. The van der Waals surface area contributed by atoms with Gasteiger partial charge in [-0.3, -0.25) is 14.9 Å². The van der Waals surface area contributed by atoms with E-state index in [1.165, 1.54) is 11.1 Å². The smallest absolute Gasteiger partial charge is 0.407 e. The third-order valence-electron chi connectivity index (χ3n) is 4.79. The van der Waals surface area contributed by atoms with Gasteiger partial charge < -0.3 is 14.7 Å². The molecule has 2 N–H and O–H groups in total. The molecule has 0 saturated carbocycles. The van der Waals surface area contributed by atoms with Crippen LogP contribution in [0.2, 0.25) is 0 Å². The highest BCUT2D eigenvalue weighted by molar-refractivity contribution is 5.87. The lowest BCUT2D eigenvalue weighted by Gasteiger charge is -2.43. The minimum absolute atomic E-state index is 0.0673. The van der Waals surface area contributed by atoms with Crippen molar-refractivity contribution in [2.45, 2.75) is 12.8 Å². The summed E-state index contributed by atoms with van der Waals surface area (Å²) in [5, 5.41) is 16.3. The summed E-state index contributed by atoms with van der Waals surface area (Å²) in [5.41, 5.74) is 1.57. The molecule has 0 aromatic carbocycles. The van der Waals surface area contributed by atoms with Gasteiger partial charge in [-0.05, 0) is 42.2 Å². The number of pyridine rings is 1. The minimum Gasteiger partial charge on any atom is -0.465 e. The number of fused-ring (bicyclic) bond motifs is 2. The van der Waals surface area contributed by atoms with Crippen LogP contribution in [0.15, 0.2) is 36.3 Å². The zero-order valence-corrected chi connectivity index (χ0v) is 13.3. The van der Waals surface area contributed by atoms with E-state index in [1.54, 1.807) is 24.5 Å². The lowest BCUT2D eigenvalue weighted by molar-refractivity contribution is -0.145. The number of aromatic amines is 1. The molecule has 2 aromatic heterocycles. The predicted octanol–water partition coefficient (Wildman–Crippen LogP) is 1.72. The normalized spacial score (nSPS) is 21.8. The van der Waals surface area contributed by atoms with Crippen LogP contribution >= 0.6 is 0 Å². The monoisotopic (exact) mass is 340 g/mol. The molecule has 1 amide bonds. The number of nitrogens with zero attached hydrogens (tertiary/aromatic N) is 3. The van der Waals surface area contributed by atoms with Crippen LogP contribution in [0, 0.1) is 5.41 Å². The molecule has 1 saturated heterocycles. The fourth-order valence-electron chi connectivity index (χ4n) is 3.51. The maximum Gasteiger partial charge on any atom is 0.407 e. The van der Waals surface area contributed by atoms with Crippen molar-refractivity contribution in [3.05, 3.63) is 47.6 Å². The summed E-state index contributed by atoms with van der Waals surface area (Å²) in [6.45, 7) is 0.421. The largest absolute Gasteiger partial charge is 0.465 e. The number of carbonyl (C=O) groups is 2. The molecule has 0 spiro atoms. The van der Waals surface area contributed by atoms with Crippen LogP contribution in [0.1, 0.15) is 17.7 Å². The van der Waals surface area contributed by atoms with Crippen molar-refractivity contribution in [3.63, 3.8) is 0 Å². The molecule has 1 atom stereocenters. The molecule has 3 heterocycles. The van der Waals surface area contributed by atoms with E-state index in [1.807, 2.05) is 6.08 Å². The zero-order valence-electron chi connectivity index (χ0n) is 13.3. The molecular weight excluding hydrogens is 324 g/mol. The van der Waals surface area contributed by atoms with Crippen molar-refractivity contribution < 1.29 is 19.4 Å². The second-order valence-electron chi connectivity index (χ2n) is 6.27. The van der Waals surface area contributed by atoms with Crippen molar-refractivity contribution in [1.82, 2.24) is 20.1 Å². The Kier molecular flexibility index (Phi) is 3.52. The highest BCUT2D eigenvalue weighted by Gasteiger charge is 2.50. The average Bonchev–Trinajstić information content (AvgIpc) is 3.06. The second kappa shape index (κ2) is 5.73. The summed E-state index contributed by atoms with van der Waals surface area (Å²) in [7, 11) is 0. The Morgan fingerprint density at radius 1 is 1.36 bits per heavy atom. The fraction of sp³-hybridized carbons (Fsp3) is 0.294. The highest BCUT2D eigenvalue weighted by Crippen LogP contribution is 2.44. The summed E-state index contributed by atoms with van der Waals surface area (Å²) < 4.78 is 5.54. The maximum atomic E-state index is 13.1. The van der Waals surface area contributed by atoms with Gasteiger partial charge in [0.2, 0.25) is 0 Å². The first kappa shape index (κ1) is 15.4. The number of piperidine rings is 1. The number of H-pyrrole nitrogens is 1. The maximum absolute atomic E-state index is 13.1. The molecule has 1 aliphatic carbocycles. The molecule has 8 heteroatoms. The standard InChI is InChI=1S/C17H16N4O4/c22-15(25-13-2-1-4-18-9-13)17-7-11-8-19-20-14(11)6-12(17)3-5-21(10-17)16(23)24/h1-2,4,6,8-9H,3,5,7,10H2,(H,19,20)(H,23,24). The van der Waals surface area contributed by atoms with E-state index in [4.69, 9.17) is 4.74 Å². The molecule has 2 aromatic rings. The molecule has 1 fully saturated rings. The number of ether oxygens (including phenoxy) is 1. The third-order valence-corrected chi connectivity index (χ3v) is 4.79. The Balaban J connectivity index is 1.72. The van der Waals surface area contributed by atoms with Crippen LogP contribution < -0.4 is 4.74 Å². The van der Waals surface area contributed by atoms with Gasteiger partial charge in [0, 0.05) is 19.3 Å². The van der Waals surface area contributed by atoms with E-state index in [-0.39, 0.29) is 6.54 Å². The van der Waals surface area contributed by atoms with Gasteiger partial charge in [0.1, 0.15) is 11.2 Å². The van der Waals surface area contributed by atoms with Gasteiger partial charge in [-0.15, -0.1) is 0 Å². The molecule has 8 nitrogen and oxygen atoms in total.